The van der Waals surface area contributed by atoms with Crippen molar-refractivity contribution < 1.29 is 90.6 Å². The summed E-state index contributed by atoms with van der Waals surface area (Å²) in [5.74, 6) is -3.41. The predicted molar refractivity (Wildman–Crippen MR) is 312 cm³/mol. The number of amides is 10. The minimum atomic E-state index is -0.885. The number of carbonyl (C=O) groups is 11. The molecule has 0 aromatic carbocycles. The van der Waals surface area contributed by atoms with Gasteiger partial charge in [0.1, 0.15) is 32.5 Å². The number of ether oxygens (including phenoxy) is 8. The first-order valence-corrected chi connectivity index (χ1v) is 29.8. The summed E-state index contributed by atoms with van der Waals surface area (Å²) < 4.78 is 42.9. The van der Waals surface area contributed by atoms with Gasteiger partial charge in [-0.15, -0.1) is 0 Å². The highest BCUT2D eigenvalue weighted by Crippen LogP contribution is 2.05. The number of carbonyl (C=O) groups excluding carboxylic acids is 11. The maximum absolute atomic E-state index is 13.2. The molecule has 0 saturated heterocycles. The number of unbranched alkanes of at least 4 members (excludes halogenated alkanes) is 3. The molecular weight excluding hydrogens is 1140 g/mol. The van der Waals surface area contributed by atoms with Gasteiger partial charge >= 0.3 is 0 Å². The van der Waals surface area contributed by atoms with Crippen molar-refractivity contribution in [1.82, 2.24) is 53.2 Å². The van der Waals surface area contributed by atoms with E-state index in [0.29, 0.717) is 71.0 Å². The van der Waals surface area contributed by atoms with Gasteiger partial charge in [-0.3, -0.25) is 52.7 Å². The summed E-state index contributed by atoms with van der Waals surface area (Å²) in [5, 5.41) is 27.3. The maximum atomic E-state index is 13.2. The Morgan fingerprint density at radius 1 is 0.353 bits per heavy atom. The Morgan fingerprint density at radius 2 is 0.671 bits per heavy atom. The number of nitrogens with one attached hydrogen (secondary N) is 10. The van der Waals surface area contributed by atoms with Crippen molar-refractivity contribution in [3.63, 3.8) is 0 Å². The minimum Gasteiger partial charge on any atom is -0.377 e. The van der Waals surface area contributed by atoms with Gasteiger partial charge in [0.15, 0.2) is 5.12 Å². The van der Waals surface area contributed by atoms with E-state index in [1.165, 1.54) is 6.92 Å². The summed E-state index contributed by atoms with van der Waals surface area (Å²) in [5.41, 5.74) is 10.7. The van der Waals surface area contributed by atoms with E-state index in [2.05, 4.69) is 53.2 Å². The Labute approximate surface area is 503 Å². The molecular formula is C53H98N12O19S. The third kappa shape index (κ3) is 52.4. The van der Waals surface area contributed by atoms with Crippen LogP contribution in [-0.4, -0.2) is 254 Å². The van der Waals surface area contributed by atoms with Crippen LogP contribution in [0, 0.1) is 0 Å². The summed E-state index contributed by atoms with van der Waals surface area (Å²) in [6.07, 6.45) is 5.56. The highest BCUT2D eigenvalue weighted by molar-refractivity contribution is 8.14. The van der Waals surface area contributed by atoms with Gasteiger partial charge in [0.05, 0.1) is 97.1 Å². The van der Waals surface area contributed by atoms with Crippen LogP contribution < -0.4 is 64.6 Å². The van der Waals surface area contributed by atoms with Crippen LogP contribution >= 0.6 is 11.8 Å². The van der Waals surface area contributed by atoms with E-state index < -0.39 is 35.7 Å². The lowest BCUT2D eigenvalue weighted by Crippen LogP contribution is -2.48. The average Bonchev–Trinajstić information content (AvgIpc) is 3.49. The van der Waals surface area contributed by atoms with E-state index in [1.54, 1.807) is 14.1 Å². The topological polar surface area (TPSA) is 434 Å². The Hall–Kier alpha value is -5.68. The summed E-state index contributed by atoms with van der Waals surface area (Å²) in [6, 6.07) is -1.75. The lowest BCUT2D eigenvalue weighted by molar-refractivity contribution is -0.132. The molecule has 0 radical (unpaired) electrons. The van der Waals surface area contributed by atoms with Gasteiger partial charge in [-0.25, -0.2) is 0 Å². The first-order valence-electron chi connectivity index (χ1n) is 28.8. The molecule has 0 rings (SSSR count). The number of thioether (sulfide) groups is 1. The van der Waals surface area contributed by atoms with Gasteiger partial charge in [-0.1, -0.05) is 11.8 Å². The fraction of sp³-hybridized carbons (Fsp3) is 0.792. The summed E-state index contributed by atoms with van der Waals surface area (Å²) in [6.45, 7) is 4.98. The Bertz CT molecular complexity index is 1900. The third-order valence-corrected chi connectivity index (χ3v) is 12.5. The molecule has 85 heavy (non-hydrogen) atoms. The molecule has 0 saturated carbocycles. The Kier molecular flexibility index (Phi) is 52.4. The van der Waals surface area contributed by atoms with Crippen molar-refractivity contribution in [2.45, 2.75) is 102 Å². The molecule has 14 N–H and O–H groups in total. The van der Waals surface area contributed by atoms with Crippen LogP contribution in [0.1, 0.15) is 84.0 Å². The van der Waals surface area contributed by atoms with Gasteiger partial charge in [-0.2, -0.15) is 0 Å². The second-order valence-electron chi connectivity index (χ2n) is 18.8. The summed E-state index contributed by atoms with van der Waals surface area (Å²) in [4.78, 5) is 132. The molecule has 490 valence electrons. The van der Waals surface area contributed by atoms with Crippen LogP contribution in [0.15, 0.2) is 0 Å². The zero-order chi connectivity index (χ0) is 63.0. The fourth-order valence-electron chi connectivity index (χ4n) is 7.12. The van der Waals surface area contributed by atoms with Crippen LogP contribution in [-0.2, 0) is 90.6 Å². The zero-order valence-corrected chi connectivity index (χ0v) is 50.8. The van der Waals surface area contributed by atoms with E-state index in [4.69, 9.17) is 49.4 Å². The lowest BCUT2D eigenvalue weighted by atomic mass is 10.1. The first-order chi connectivity index (χ1) is 41.0. The van der Waals surface area contributed by atoms with E-state index >= 15 is 0 Å². The second-order valence-corrected chi connectivity index (χ2v) is 19.9. The second kappa shape index (κ2) is 56.1. The molecule has 0 aromatic heterocycles. The monoisotopic (exact) mass is 1240 g/mol. The number of nitrogens with two attached hydrogens (primary N) is 2. The summed E-state index contributed by atoms with van der Waals surface area (Å²) in [7, 11) is 3.31. The molecule has 0 fully saturated rings. The molecule has 0 aliphatic carbocycles. The highest BCUT2D eigenvalue weighted by Gasteiger charge is 2.21. The Balaban J connectivity index is 4.20. The van der Waals surface area contributed by atoms with Crippen molar-refractivity contribution in [3.8, 4) is 0 Å². The van der Waals surface area contributed by atoms with E-state index in [9.17, 15) is 52.7 Å². The van der Waals surface area contributed by atoms with Gasteiger partial charge in [0, 0.05) is 65.6 Å². The van der Waals surface area contributed by atoms with Crippen molar-refractivity contribution >= 4 is 75.9 Å². The molecule has 31 nitrogen and oxygen atoms in total. The van der Waals surface area contributed by atoms with Crippen LogP contribution in [0.4, 0.5) is 0 Å². The number of hydrogen-bond acceptors (Lipinski definition) is 22. The third-order valence-electron chi connectivity index (χ3n) is 11.6. The lowest BCUT2D eigenvalue weighted by Gasteiger charge is -2.19. The number of rotatable bonds is 59. The highest BCUT2D eigenvalue weighted by atomic mass is 32.2. The van der Waals surface area contributed by atoms with Crippen molar-refractivity contribution in [2.75, 3.05) is 171 Å². The Morgan fingerprint density at radius 3 is 1.05 bits per heavy atom. The molecule has 0 unspecified atom stereocenters. The number of likely N-dealkylation sites (N-methyl/N-ethyl adjacent to an activating group) is 2. The zero-order valence-electron chi connectivity index (χ0n) is 50.0. The molecule has 3 atom stereocenters. The van der Waals surface area contributed by atoms with Crippen molar-refractivity contribution in [2.24, 2.45) is 11.5 Å². The van der Waals surface area contributed by atoms with Gasteiger partial charge in [0.2, 0.25) is 59.1 Å². The van der Waals surface area contributed by atoms with Gasteiger partial charge < -0.3 is 103 Å². The molecule has 32 heteroatoms. The molecule has 10 amide bonds. The van der Waals surface area contributed by atoms with Crippen molar-refractivity contribution in [1.29, 1.82) is 0 Å². The molecule has 0 heterocycles. The van der Waals surface area contributed by atoms with Gasteiger partial charge in [-0.05, 0) is 78.3 Å². The molecule has 0 spiro atoms. The smallest absolute Gasteiger partial charge is 0.246 e. The molecule has 0 aliphatic rings. The first kappa shape index (κ1) is 79.3. The average molecular weight is 1240 g/mol. The van der Waals surface area contributed by atoms with E-state index in [0.717, 1.165) is 18.2 Å². The van der Waals surface area contributed by atoms with Gasteiger partial charge in [0.25, 0.3) is 0 Å². The minimum absolute atomic E-state index is 0.0529. The largest absolute Gasteiger partial charge is 0.377 e. The van der Waals surface area contributed by atoms with E-state index in [-0.39, 0.29) is 204 Å². The molecule has 0 bridgehead atoms. The SMILES string of the molecule is CN[C@@H](CCCCNC(=O)COCCOCCNC(=O)COCCOCCNC(=O)CCCC(=O)NCCCC[C@H](NC(=O)COCCOCCNC(=O)COCCOCCNC(=O)CSC(C)=O)C(=O)NCCCC[C@H](NC)C(N)=O)C(N)=O. The van der Waals surface area contributed by atoms with E-state index in [1.807, 2.05) is 0 Å². The summed E-state index contributed by atoms with van der Waals surface area (Å²) >= 11 is 0.923. The van der Waals surface area contributed by atoms with Crippen LogP contribution in [0.2, 0.25) is 0 Å². The molecule has 0 aliphatic heterocycles. The fourth-order valence-corrected chi connectivity index (χ4v) is 7.56. The number of hydrogen-bond donors (Lipinski definition) is 12. The quantitative estimate of drug-likeness (QED) is 0.0256. The van der Waals surface area contributed by atoms with Crippen LogP contribution in [0.5, 0.6) is 0 Å². The standard InChI is InChI=1S/C53H98N12O19S/c1-40(66)85-39-50(73)63-22-26-80-29-33-83-37-48(71)62-21-25-79-30-34-84-38-49(72)65-43(53(76)64-18-9-5-12-42(57-3)52(55)75)13-6-8-16-58-44(67)14-10-15-45(68)60-19-23-77-27-32-82-36-47(70)61-20-24-78-28-31-81-35-46(69)59-17-7-4-11-41(56-2)51(54)74/h41-43,56-57H,4-39H2,1-3H3,(H2,54,74)(H2,55,75)(H,58,67)(H,59,69)(H,60,68)(H,61,70)(H,62,71)(H,63,73)(H,64,76)(H,65,72)/t41-,42-,43-/m0/s1. The van der Waals surface area contributed by atoms with Crippen molar-refractivity contribution in [3.05, 3.63) is 0 Å². The van der Waals surface area contributed by atoms with Crippen LogP contribution in [0.25, 0.3) is 0 Å². The molecule has 0 aromatic rings. The number of primary amides is 2. The van der Waals surface area contributed by atoms with Crippen LogP contribution in [0.3, 0.4) is 0 Å². The predicted octanol–water partition coefficient (Wildman–Crippen LogP) is -4.48. The maximum Gasteiger partial charge on any atom is 0.246 e. The normalized spacial score (nSPS) is 12.0.